The van der Waals surface area contributed by atoms with Crippen LogP contribution in [0.1, 0.15) is 13.8 Å². The number of carboxylic acid groups (broad SMARTS) is 1. The summed E-state index contributed by atoms with van der Waals surface area (Å²) in [5.74, 6) is -0.963. The number of methoxy groups -OCH3 is 1. The van der Waals surface area contributed by atoms with Crippen molar-refractivity contribution in [3.8, 4) is 0 Å². The van der Waals surface area contributed by atoms with Gasteiger partial charge in [0.15, 0.2) is 0 Å². The van der Waals surface area contributed by atoms with Crippen molar-refractivity contribution >= 4 is 18.6 Å². The van der Waals surface area contributed by atoms with E-state index in [0.29, 0.717) is 0 Å². The van der Waals surface area contributed by atoms with E-state index < -0.39 is 16.8 Å². The maximum atomic E-state index is 10.3. The molecule has 0 bridgehead atoms. The van der Waals surface area contributed by atoms with Crippen LogP contribution in [0.15, 0.2) is 0 Å². The Morgan fingerprint density at radius 3 is 2.20 bits per heavy atom. The van der Waals surface area contributed by atoms with Crippen molar-refractivity contribution in [3.05, 3.63) is 0 Å². The fourth-order valence-electron chi connectivity index (χ4n) is 0.409. The van der Waals surface area contributed by atoms with Crippen molar-refractivity contribution in [2.75, 3.05) is 7.11 Å². The lowest BCUT2D eigenvalue weighted by molar-refractivity contribution is -0.141. The molecule has 1 atom stereocenters. The molecule has 10 heavy (non-hydrogen) atoms. The first-order valence-electron chi connectivity index (χ1n) is 2.88. The van der Waals surface area contributed by atoms with E-state index in [1.807, 2.05) is 0 Å². The number of hydrogen-bond donors (Lipinski definition) is 2. The molecular weight excluding hydrogens is 152 g/mol. The number of ether oxygens (including phenoxy) is 1. The van der Waals surface area contributed by atoms with Gasteiger partial charge in [0, 0.05) is 7.11 Å². The predicted octanol–water partition coefficient (Wildman–Crippen LogP) is 0.794. The second kappa shape index (κ2) is 3.25. The maximum absolute atomic E-state index is 10.3. The first-order valence-corrected chi connectivity index (χ1v) is 3.39. The third-order valence-electron chi connectivity index (χ3n) is 1.42. The van der Waals surface area contributed by atoms with Gasteiger partial charge in [-0.1, -0.05) is 0 Å². The van der Waals surface area contributed by atoms with Crippen LogP contribution in [0.25, 0.3) is 0 Å². The summed E-state index contributed by atoms with van der Waals surface area (Å²) in [6, 6.07) is 0. The monoisotopic (exact) mass is 164 g/mol. The molecule has 0 heterocycles. The Morgan fingerprint density at radius 1 is 1.70 bits per heavy atom. The van der Waals surface area contributed by atoms with Crippen molar-refractivity contribution in [2.45, 2.75) is 24.7 Å². The average molecular weight is 164 g/mol. The van der Waals surface area contributed by atoms with Gasteiger partial charge in [-0.2, -0.15) is 12.6 Å². The van der Waals surface area contributed by atoms with E-state index in [4.69, 9.17) is 9.84 Å². The van der Waals surface area contributed by atoms with Gasteiger partial charge in [-0.25, -0.2) is 0 Å². The summed E-state index contributed by atoms with van der Waals surface area (Å²) >= 11 is 3.86. The second-order valence-electron chi connectivity index (χ2n) is 2.55. The molecule has 3 nitrogen and oxygen atoms in total. The summed E-state index contributed by atoms with van der Waals surface area (Å²) < 4.78 is 4.90. The molecule has 0 aromatic carbocycles. The molecule has 0 aliphatic heterocycles. The Kier molecular flexibility index (Phi) is 3.18. The highest BCUT2D eigenvalue weighted by molar-refractivity contribution is 7.81. The molecule has 0 radical (unpaired) electrons. The van der Waals surface area contributed by atoms with Crippen LogP contribution < -0.4 is 0 Å². The van der Waals surface area contributed by atoms with E-state index >= 15 is 0 Å². The summed E-state index contributed by atoms with van der Waals surface area (Å²) in [6.07, 6.45) is 0. The minimum Gasteiger partial charge on any atom is -0.480 e. The summed E-state index contributed by atoms with van der Waals surface area (Å²) in [7, 11) is 1.46. The van der Waals surface area contributed by atoms with E-state index in [2.05, 4.69) is 12.6 Å². The van der Waals surface area contributed by atoms with Gasteiger partial charge in [-0.15, -0.1) is 0 Å². The molecule has 60 valence electrons. The van der Waals surface area contributed by atoms with Crippen molar-refractivity contribution in [2.24, 2.45) is 0 Å². The SMILES string of the molecule is COC(C)(C)C(S)C(=O)O. The van der Waals surface area contributed by atoms with Gasteiger partial charge in [0.2, 0.25) is 0 Å². The number of hydrogen-bond acceptors (Lipinski definition) is 3. The molecule has 0 aromatic heterocycles. The van der Waals surface area contributed by atoms with E-state index in [1.165, 1.54) is 7.11 Å². The molecule has 1 unspecified atom stereocenters. The smallest absolute Gasteiger partial charge is 0.319 e. The van der Waals surface area contributed by atoms with E-state index in [9.17, 15) is 4.79 Å². The maximum Gasteiger partial charge on any atom is 0.319 e. The van der Waals surface area contributed by atoms with Crippen LogP contribution >= 0.6 is 12.6 Å². The topological polar surface area (TPSA) is 46.5 Å². The summed E-state index contributed by atoms with van der Waals surface area (Å²) in [5, 5.41) is 7.71. The van der Waals surface area contributed by atoms with Crippen LogP contribution in [-0.2, 0) is 9.53 Å². The third-order valence-corrected chi connectivity index (χ3v) is 2.26. The molecule has 0 saturated carbocycles. The molecular formula is C6H12O3S. The number of carbonyl (C=O) groups is 1. The van der Waals surface area contributed by atoms with Crippen LogP contribution in [0.5, 0.6) is 0 Å². The Bertz CT molecular complexity index is 133. The quantitative estimate of drug-likeness (QED) is 0.606. The van der Waals surface area contributed by atoms with E-state index in [1.54, 1.807) is 13.8 Å². The zero-order valence-corrected chi connectivity index (χ0v) is 7.18. The number of aliphatic carboxylic acids is 1. The Hall–Kier alpha value is -0.220. The lowest BCUT2D eigenvalue weighted by Crippen LogP contribution is -2.39. The van der Waals surface area contributed by atoms with Gasteiger partial charge in [0.1, 0.15) is 5.25 Å². The molecule has 0 saturated heterocycles. The lowest BCUT2D eigenvalue weighted by atomic mass is 10.1. The van der Waals surface area contributed by atoms with Crippen LogP contribution in [0.3, 0.4) is 0 Å². The molecule has 0 aliphatic carbocycles. The van der Waals surface area contributed by atoms with E-state index in [0.717, 1.165) is 0 Å². The Balaban J connectivity index is 4.17. The van der Waals surface area contributed by atoms with Crippen molar-refractivity contribution in [1.29, 1.82) is 0 Å². The molecule has 0 aliphatic rings. The summed E-state index contributed by atoms with van der Waals surface area (Å²) in [6.45, 7) is 3.36. The fourth-order valence-corrected chi connectivity index (χ4v) is 0.514. The molecule has 0 amide bonds. The molecule has 0 spiro atoms. The zero-order chi connectivity index (χ0) is 8.36. The number of carboxylic acids is 1. The average Bonchev–Trinajstić information content (AvgIpc) is 1.86. The molecule has 4 heteroatoms. The number of thiol groups is 1. The zero-order valence-electron chi connectivity index (χ0n) is 6.29. The van der Waals surface area contributed by atoms with Gasteiger partial charge in [-0.3, -0.25) is 4.79 Å². The van der Waals surface area contributed by atoms with Crippen molar-refractivity contribution < 1.29 is 14.6 Å². The Morgan fingerprint density at radius 2 is 2.10 bits per heavy atom. The van der Waals surface area contributed by atoms with Crippen molar-refractivity contribution in [3.63, 3.8) is 0 Å². The first-order chi connectivity index (χ1) is 4.41. The third kappa shape index (κ3) is 2.19. The minimum atomic E-state index is -0.963. The molecule has 1 N–H and O–H groups in total. The Labute approximate surface area is 65.8 Å². The molecule has 0 aromatic rings. The van der Waals surface area contributed by atoms with Gasteiger partial charge < -0.3 is 9.84 Å². The summed E-state index contributed by atoms with van der Waals surface area (Å²) in [4.78, 5) is 10.3. The van der Waals surface area contributed by atoms with Crippen LogP contribution in [0.4, 0.5) is 0 Å². The highest BCUT2D eigenvalue weighted by Crippen LogP contribution is 2.18. The van der Waals surface area contributed by atoms with Gasteiger partial charge >= 0.3 is 5.97 Å². The normalized spacial score (nSPS) is 14.8. The number of rotatable bonds is 3. The van der Waals surface area contributed by atoms with Crippen LogP contribution in [-0.4, -0.2) is 29.0 Å². The highest BCUT2D eigenvalue weighted by atomic mass is 32.1. The van der Waals surface area contributed by atoms with Crippen molar-refractivity contribution in [1.82, 2.24) is 0 Å². The summed E-state index contributed by atoms with van der Waals surface area (Å²) in [5.41, 5.74) is -0.713. The predicted molar refractivity (Wildman–Crippen MR) is 41.5 cm³/mol. The lowest BCUT2D eigenvalue weighted by Gasteiger charge is -2.25. The first kappa shape index (κ1) is 9.78. The van der Waals surface area contributed by atoms with Crippen LogP contribution in [0.2, 0.25) is 0 Å². The fraction of sp³-hybridized carbons (Fsp3) is 0.833. The minimum absolute atomic E-state index is 0.713. The second-order valence-corrected chi connectivity index (χ2v) is 3.06. The van der Waals surface area contributed by atoms with Crippen LogP contribution in [0, 0.1) is 0 Å². The van der Waals surface area contributed by atoms with E-state index in [-0.39, 0.29) is 0 Å². The molecule has 0 rings (SSSR count). The standard InChI is InChI=1S/C6H12O3S/c1-6(2,9-3)4(10)5(7)8/h4,10H,1-3H3,(H,7,8). The van der Waals surface area contributed by atoms with Gasteiger partial charge in [-0.05, 0) is 13.8 Å². The van der Waals surface area contributed by atoms with Gasteiger partial charge in [0.05, 0.1) is 5.60 Å². The van der Waals surface area contributed by atoms with Gasteiger partial charge in [0.25, 0.3) is 0 Å². The molecule has 0 fully saturated rings. The largest absolute Gasteiger partial charge is 0.480 e. The highest BCUT2D eigenvalue weighted by Gasteiger charge is 2.31.